The van der Waals surface area contributed by atoms with E-state index in [1.165, 1.54) is 5.56 Å². The summed E-state index contributed by atoms with van der Waals surface area (Å²) in [4.78, 5) is 15.3. The van der Waals surface area contributed by atoms with Crippen molar-refractivity contribution in [3.05, 3.63) is 77.9 Å². The molecule has 2 aliphatic rings. The molecule has 1 saturated heterocycles. The molecule has 0 radical (unpaired) electrons. The second-order valence-corrected chi connectivity index (χ2v) is 7.81. The summed E-state index contributed by atoms with van der Waals surface area (Å²) in [6.07, 6.45) is 2.29. The standard InChI is InChI=1S/C24H23NO2/c26-22-16-24(12-14-25(15-13-24)17-18-6-2-1-3-7-18)27-23-20-9-5-4-8-19(20)10-11-21(22)23/h1-11H,12-17H2. The van der Waals surface area contributed by atoms with Gasteiger partial charge in [0.25, 0.3) is 0 Å². The van der Waals surface area contributed by atoms with E-state index in [1.54, 1.807) is 0 Å². The smallest absolute Gasteiger partial charge is 0.170 e. The molecular weight excluding hydrogens is 334 g/mol. The highest BCUT2D eigenvalue weighted by Crippen LogP contribution is 2.43. The van der Waals surface area contributed by atoms with Gasteiger partial charge in [-0.1, -0.05) is 60.7 Å². The number of ketones is 1. The highest BCUT2D eigenvalue weighted by molar-refractivity contribution is 6.06. The van der Waals surface area contributed by atoms with Crippen molar-refractivity contribution in [2.45, 2.75) is 31.4 Å². The summed E-state index contributed by atoms with van der Waals surface area (Å²) in [6.45, 7) is 2.88. The lowest BCUT2D eigenvalue weighted by molar-refractivity contribution is -0.00961. The van der Waals surface area contributed by atoms with Gasteiger partial charge in [-0.2, -0.15) is 0 Å². The van der Waals surface area contributed by atoms with Gasteiger partial charge in [0.15, 0.2) is 5.78 Å². The van der Waals surface area contributed by atoms with E-state index in [0.717, 1.165) is 54.6 Å². The van der Waals surface area contributed by atoms with Gasteiger partial charge in [-0.3, -0.25) is 9.69 Å². The highest BCUT2D eigenvalue weighted by Gasteiger charge is 2.43. The lowest BCUT2D eigenvalue weighted by Gasteiger charge is -2.44. The molecule has 1 fully saturated rings. The number of likely N-dealkylation sites (tertiary alicyclic amines) is 1. The van der Waals surface area contributed by atoms with Crippen LogP contribution < -0.4 is 4.74 Å². The number of hydrogen-bond acceptors (Lipinski definition) is 3. The number of nitrogens with zero attached hydrogens (tertiary/aromatic N) is 1. The Kier molecular flexibility index (Phi) is 3.98. The molecule has 3 aromatic carbocycles. The van der Waals surface area contributed by atoms with Crippen molar-refractivity contribution in [3.63, 3.8) is 0 Å². The van der Waals surface area contributed by atoms with Gasteiger partial charge >= 0.3 is 0 Å². The molecule has 2 aliphatic heterocycles. The van der Waals surface area contributed by atoms with Gasteiger partial charge in [-0.25, -0.2) is 0 Å². The Hall–Kier alpha value is -2.65. The van der Waals surface area contributed by atoms with Crippen molar-refractivity contribution in [1.82, 2.24) is 4.90 Å². The minimum atomic E-state index is -0.346. The van der Waals surface area contributed by atoms with Gasteiger partial charge in [0, 0.05) is 37.9 Å². The topological polar surface area (TPSA) is 29.5 Å². The van der Waals surface area contributed by atoms with Gasteiger partial charge < -0.3 is 4.74 Å². The zero-order chi connectivity index (χ0) is 18.3. The molecule has 0 unspecified atom stereocenters. The molecule has 5 rings (SSSR count). The first-order valence-electron chi connectivity index (χ1n) is 9.73. The molecule has 3 heteroatoms. The molecule has 27 heavy (non-hydrogen) atoms. The lowest BCUT2D eigenvalue weighted by Crippen LogP contribution is -2.50. The maximum atomic E-state index is 12.9. The largest absolute Gasteiger partial charge is 0.485 e. The predicted octanol–water partition coefficient (Wildman–Crippen LogP) is 4.84. The van der Waals surface area contributed by atoms with E-state index in [-0.39, 0.29) is 11.4 Å². The van der Waals surface area contributed by atoms with Crippen LogP contribution in [0, 0.1) is 0 Å². The average Bonchev–Trinajstić information content (AvgIpc) is 2.71. The summed E-state index contributed by atoms with van der Waals surface area (Å²) in [5, 5.41) is 2.18. The van der Waals surface area contributed by atoms with E-state index in [2.05, 4.69) is 47.4 Å². The molecular formula is C24H23NO2. The number of benzene rings is 3. The molecule has 0 aromatic heterocycles. The fourth-order valence-corrected chi connectivity index (χ4v) is 4.45. The Bertz CT molecular complexity index is 988. The highest BCUT2D eigenvalue weighted by atomic mass is 16.5. The van der Waals surface area contributed by atoms with Gasteiger partial charge in [0.05, 0.1) is 12.0 Å². The van der Waals surface area contributed by atoms with E-state index in [0.29, 0.717) is 6.42 Å². The normalized spacial score (nSPS) is 19.0. The molecule has 3 nitrogen and oxygen atoms in total. The third-order valence-corrected chi connectivity index (χ3v) is 6.00. The lowest BCUT2D eigenvalue weighted by atomic mass is 9.81. The summed E-state index contributed by atoms with van der Waals surface area (Å²) >= 11 is 0. The first-order chi connectivity index (χ1) is 13.2. The first-order valence-corrected chi connectivity index (χ1v) is 9.73. The fraction of sp³-hybridized carbons (Fsp3) is 0.292. The zero-order valence-corrected chi connectivity index (χ0v) is 15.4. The molecule has 0 bridgehead atoms. The first kappa shape index (κ1) is 16.5. The summed E-state index contributed by atoms with van der Waals surface area (Å²) in [5.41, 5.74) is 1.73. The predicted molar refractivity (Wildman–Crippen MR) is 107 cm³/mol. The van der Waals surface area contributed by atoms with Gasteiger partial charge in [0.1, 0.15) is 11.4 Å². The molecule has 1 spiro atoms. The van der Waals surface area contributed by atoms with E-state index in [1.807, 2.05) is 24.3 Å². The number of rotatable bonds is 2. The van der Waals surface area contributed by atoms with Gasteiger partial charge in [-0.15, -0.1) is 0 Å². The minimum Gasteiger partial charge on any atom is -0.485 e. The van der Waals surface area contributed by atoms with Crippen molar-refractivity contribution in [2.24, 2.45) is 0 Å². The molecule has 0 N–H and O–H groups in total. The number of piperidine rings is 1. The quantitative estimate of drug-likeness (QED) is 0.657. The van der Waals surface area contributed by atoms with Crippen LogP contribution in [-0.2, 0) is 6.54 Å². The maximum Gasteiger partial charge on any atom is 0.170 e. The van der Waals surface area contributed by atoms with Gasteiger partial charge in [-0.05, 0) is 17.0 Å². The van der Waals surface area contributed by atoms with Crippen LogP contribution >= 0.6 is 0 Å². The minimum absolute atomic E-state index is 0.221. The maximum absolute atomic E-state index is 12.9. The molecule has 0 amide bonds. The summed E-state index contributed by atoms with van der Waals surface area (Å²) in [7, 11) is 0. The van der Waals surface area contributed by atoms with Crippen molar-refractivity contribution in [1.29, 1.82) is 0 Å². The number of carbonyl (C=O) groups is 1. The Balaban J connectivity index is 1.38. The third kappa shape index (κ3) is 3.02. The van der Waals surface area contributed by atoms with E-state index < -0.39 is 0 Å². The number of hydrogen-bond donors (Lipinski definition) is 0. The van der Waals surface area contributed by atoms with E-state index in [9.17, 15) is 4.79 Å². The second kappa shape index (κ2) is 6.50. The van der Waals surface area contributed by atoms with Crippen molar-refractivity contribution in [2.75, 3.05) is 13.1 Å². The molecule has 136 valence electrons. The fourth-order valence-electron chi connectivity index (χ4n) is 4.45. The number of fused-ring (bicyclic) bond motifs is 3. The van der Waals surface area contributed by atoms with E-state index >= 15 is 0 Å². The third-order valence-electron chi connectivity index (χ3n) is 6.00. The van der Waals surface area contributed by atoms with Crippen LogP contribution in [0.2, 0.25) is 0 Å². The monoisotopic (exact) mass is 357 g/mol. The van der Waals surface area contributed by atoms with Crippen LogP contribution in [0.1, 0.15) is 35.2 Å². The van der Waals surface area contributed by atoms with Crippen molar-refractivity contribution < 1.29 is 9.53 Å². The SMILES string of the molecule is O=C1CC2(CCN(Cc3ccccc3)CC2)Oc2c1ccc1ccccc21. The van der Waals surface area contributed by atoms with Crippen LogP contribution in [0.25, 0.3) is 10.8 Å². The molecule has 0 aliphatic carbocycles. The Morgan fingerprint density at radius 1 is 0.889 bits per heavy atom. The van der Waals surface area contributed by atoms with Crippen LogP contribution in [0.3, 0.4) is 0 Å². The molecule has 2 heterocycles. The Morgan fingerprint density at radius 2 is 1.63 bits per heavy atom. The summed E-state index contributed by atoms with van der Waals surface area (Å²) in [6, 6.07) is 22.7. The van der Waals surface area contributed by atoms with Crippen LogP contribution in [-0.4, -0.2) is 29.4 Å². The van der Waals surface area contributed by atoms with E-state index in [4.69, 9.17) is 4.74 Å². The summed E-state index contributed by atoms with van der Waals surface area (Å²) < 4.78 is 6.60. The van der Waals surface area contributed by atoms with Crippen LogP contribution in [0.4, 0.5) is 0 Å². The summed E-state index contributed by atoms with van der Waals surface area (Å²) in [5.74, 6) is 1.01. The molecule has 3 aromatic rings. The Morgan fingerprint density at radius 3 is 2.44 bits per heavy atom. The van der Waals surface area contributed by atoms with Gasteiger partial charge in [0.2, 0.25) is 0 Å². The van der Waals surface area contributed by atoms with Crippen LogP contribution in [0.15, 0.2) is 66.7 Å². The number of Topliss-reactive ketones (excluding diaryl/α,β-unsaturated/α-hetero) is 1. The number of ether oxygens (including phenoxy) is 1. The molecule has 0 saturated carbocycles. The number of carbonyl (C=O) groups excluding carboxylic acids is 1. The zero-order valence-electron chi connectivity index (χ0n) is 15.4. The Labute approximate surface area is 159 Å². The molecule has 0 atom stereocenters. The second-order valence-electron chi connectivity index (χ2n) is 7.81. The average molecular weight is 357 g/mol. The van der Waals surface area contributed by atoms with Crippen LogP contribution in [0.5, 0.6) is 5.75 Å². The van der Waals surface area contributed by atoms with Crippen molar-refractivity contribution in [3.8, 4) is 5.75 Å². The van der Waals surface area contributed by atoms with Crippen molar-refractivity contribution >= 4 is 16.6 Å².